The van der Waals surface area contributed by atoms with Crippen LogP contribution < -0.4 is 0 Å². The molecule has 2 aromatic rings. The van der Waals surface area contributed by atoms with E-state index in [1.54, 1.807) is 18.2 Å². The number of hydrogen-bond donors (Lipinski definition) is 0. The fourth-order valence-corrected chi connectivity index (χ4v) is 2.74. The molecule has 0 radical (unpaired) electrons. The van der Waals surface area contributed by atoms with Crippen LogP contribution in [0.5, 0.6) is 0 Å². The van der Waals surface area contributed by atoms with E-state index < -0.39 is 0 Å². The summed E-state index contributed by atoms with van der Waals surface area (Å²) in [5.41, 5.74) is 4.15. The lowest BCUT2D eigenvalue weighted by Gasteiger charge is -2.13. The molecule has 0 nitrogen and oxygen atoms in total. The van der Waals surface area contributed by atoms with Crippen LogP contribution in [0.15, 0.2) is 40.9 Å². The van der Waals surface area contributed by atoms with Gasteiger partial charge in [-0.2, -0.15) is 0 Å². The van der Waals surface area contributed by atoms with Gasteiger partial charge in [-0.3, -0.25) is 0 Å². The molecule has 2 aromatic carbocycles. The molecule has 100 valence electrons. The van der Waals surface area contributed by atoms with Gasteiger partial charge in [0.15, 0.2) is 0 Å². The van der Waals surface area contributed by atoms with Crippen LogP contribution in [0.2, 0.25) is 0 Å². The average Bonchev–Trinajstić information content (AvgIpc) is 2.37. The van der Waals surface area contributed by atoms with Gasteiger partial charge in [0.25, 0.3) is 0 Å². The Labute approximate surface area is 126 Å². The first-order valence-electron chi connectivity index (χ1n) is 6.13. The summed E-state index contributed by atoms with van der Waals surface area (Å²) in [4.78, 5) is 0. The third kappa shape index (κ3) is 3.37. The number of benzene rings is 2. The lowest BCUT2D eigenvalue weighted by Crippen LogP contribution is -2.00. The highest BCUT2D eigenvalue weighted by Crippen LogP contribution is 2.30. The monoisotopic (exact) mass is 340 g/mol. The van der Waals surface area contributed by atoms with Gasteiger partial charge in [0.05, 0.1) is 9.85 Å². The van der Waals surface area contributed by atoms with Crippen molar-refractivity contribution in [2.75, 3.05) is 0 Å². The Morgan fingerprint density at radius 2 is 1.89 bits per heavy atom. The van der Waals surface area contributed by atoms with Gasteiger partial charge in [0.2, 0.25) is 0 Å². The Morgan fingerprint density at radius 1 is 1.16 bits per heavy atom. The lowest BCUT2D eigenvalue weighted by molar-refractivity contribution is 0.599. The molecular formula is C16H15BrClF. The van der Waals surface area contributed by atoms with E-state index in [1.807, 2.05) is 6.07 Å². The molecule has 0 amide bonds. The summed E-state index contributed by atoms with van der Waals surface area (Å²) in [5.74, 6) is -0.272. The molecule has 0 aliphatic rings. The summed E-state index contributed by atoms with van der Waals surface area (Å²) in [6.07, 6.45) is 0.621. The van der Waals surface area contributed by atoms with Crippen LogP contribution in [0.3, 0.4) is 0 Å². The van der Waals surface area contributed by atoms with Crippen LogP contribution in [-0.4, -0.2) is 0 Å². The third-order valence-corrected chi connectivity index (χ3v) is 4.31. The second-order valence-electron chi connectivity index (χ2n) is 4.73. The third-order valence-electron chi connectivity index (χ3n) is 3.31. The number of rotatable bonds is 3. The van der Waals surface area contributed by atoms with Crippen molar-refractivity contribution in [1.29, 1.82) is 0 Å². The van der Waals surface area contributed by atoms with Gasteiger partial charge >= 0.3 is 0 Å². The van der Waals surface area contributed by atoms with Crippen molar-refractivity contribution >= 4 is 27.5 Å². The van der Waals surface area contributed by atoms with Crippen molar-refractivity contribution in [3.63, 3.8) is 0 Å². The van der Waals surface area contributed by atoms with E-state index in [4.69, 9.17) is 11.6 Å². The molecule has 0 saturated carbocycles. The van der Waals surface area contributed by atoms with E-state index in [9.17, 15) is 4.39 Å². The molecule has 0 bridgehead atoms. The average molecular weight is 342 g/mol. The predicted octanol–water partition coefficient (Wildman–Crippen LogP) is 5.73. The molecule has 0 aliphatic carbocycles. The number of aryl methyl sites for hydroxylation is 2. The number of alkyl halides is 1. The fourth-order valence-electron chi connectivity index (χ4n) is 2.01. The predicted molar refractivity (Wildman–Crippen MR) is 82.3 cm³/mol. The first-order valence-corrected chi connectivity index (χ1v) is 7.36. The summed E-state index contributed by atoms with van der Waals surface area (Å²) in [6, 6.07) is 11.5. The highest BCUT2D eigenvalue weighted by Gasteiger charge is 2.15. The Bertz CT molecular complexity index is 595. The second kappa shape index (κ2) is 6.06. The number of hydrogen-bond acceptors (Lipinski definition) is 0. The molecule has 0 heterocycles. The highest BCUT2D eigenvalue weighted by molar-refractivity contribution is 9.10. The first kappa shape index (κ1) is 14.5. The second-order valence-corrected chi connectivity index (χ2v) is 6.11. The van der Waals surface area contributed by atoms with Crippen LogP contribution in [-0.2, 0) is 6.42 Å². The van der Waals surface area contributed by atoms with Crippen molar-refractivity contribution in [3.05, 3.63) is 68.9 Å². The van der Waals surface area contributed by atoms with Crippen LogP contribution in [0, 0.1) is 19.7 Å². The maximum absolute atomic E-state index is 14.0. The Morgan fingerprint density at radius 3 is 2.58 bits per heavy atom. The molecular weight excluding hydrogens is 327 g/mol. The van der Waals surface area contributed by atoms with E-state index in [-0.39, 0.29) is 11.2 Å². The largest absolute Gasteiger partial charge is 0.205 e. The number of halogens is 3. The van der Waals surface area contributed by atoms with Gasteiger partial charge in [-0.1, -0.05) is 30.3 Å². The molecule has 0 spiro atoms. The minimum atomic E-state index is -0.361. The summed E-state index contributed by atoms with van der Waals surface area (Å²) in [6.45, 7) is 4.15. The first-order chi connectivity index (χ1) is 8.99. The highest BCUT2D eigenvalue weighted by atomic mass is 79.9. The van der Waals surface area contributed by atoms with Crippen molar-refractivity contribution in [2.24, 2.45) is 0 Å². The van der Waals surface area contributed by atoms with Gasteiger partial charge < -0.3 is 0 Å². The van der Waals surface area contributed by atoms with E-state index in [1.165, 1.54) is 11.1 Å². The summed E-state index contributed by atoms with van der Waals surface area (Å²) < 4.78 is 14.4. The molecule has 1 unspecified atom stereocenters. The molecule has 2 rings (SSSR count). The summed E-state index contributed by atoms with van der Waals surface area (Å²) in [7, 11) is 0. The van der Waals surface area contributed by atoms with Crippen LogP contribution in [0.25, 0.3) is 0 Å². The minimum absolute atomic E-state index is 0.272. The molecule has 0 aliphatic heterocycles. The van der Waals surface area contributed by atoms with Crippen LogP contribution in [0.1, 0.15) is 27.6 Å². The fraction of sp³-hybridized carbons (Fsp3) is 0.250. The smallest absolute Gasteiger partial charge is 0.142 e. The molecule has 19 heavy (non-hydrogen) atoms. The maximum Gasteiger partial charge on any atom is 0.142 e. The molecule has 0 aromatic heterocycles. The molecule has 0 fully saturated rings. The maximum atomic E-state index is 14.0. The van der Waals surface area contributed by atoms with Gasteiger partial charge in [-0.25, -0.2) is 4.39 Å². The topological polar surface area (TPSA) is 0 Å². The normalized spacial score (nSPS) is 12.5. The molecule has 0 N–H and O–H groups in total. The van der Waals surface area contributed by atoms with Crippen molar-refractivity contribution in [2.45, 2.75) is 25.6 Å². The Kier molecular flexibility index (Phi) is 4.64. The zero-order valence-electron chi connectivity index (χ0n) is 10.9. The van der Waals surface area contributed by atoms with E-state index in [0.29, 0.717) is 16.5 Å². The zero-order chi connectivity index (χ0) is 14.0. The molecule has 0 saturated heterocycles. The van der Waals surface area contributed by atoms with Crippen molar-refractivity contribution in [1.82, 2.24) is 0 Å². The van der Waals surface area contributed by atoms with E-state index >= 15 is 0 Å². The standard InChI is InChI=1S/C16H15BrClF/c1-10-6-7-12(8-11(10)2)9-15(18)13-4-3-5-14(17)16(13)19/h3-8,15H,9H2,1-2H3. The SMILES string of the molecule is Cc1ccc(CC(Cl)c2cccc(Br)c2F)cc1C. The Hall–Kier alpha value is -0.860. The van der Waals surface area contributed by atoms with Crippen molar-refractivity contribution < 1.29 is 4.39 Å². The van der Waals surface area contributed by atoms with E-state index in [0.717, 1.165) is 5.56 Å². The van der Waals surface area contributed by atoms with Gasteiger partial charge in [-0.15, -0.1) is 11.6 Å². The van der Waals surface area contributed by atoms with Gasteiger partial charge in [0.1, 0.15) is 5.82 Å². The minimum Gasteiger partial charge on any atom is -0.205 e. The van der Waals surface area contributed by atoms with E-state index in [2.05, 4.69) is 41.9 Å². The zero-order valence-corrected chi connectivity index (χ0v) is 13.2. The van der Waals surface area contributed by atoms with Gasteiger partial charge in [-0.05, 0) is 59.0 Å². The summed E-state index contributed by atoms with van der Waals surface area (Å²) in [5, 5.41) is -0.361. The quantitative estimate of drug-likeness (QED) is 0.626. The van der Waals surface area contributed by atoms with Crippen LogP contribution >= 0.6 is 27.5 Å². The lowest BCUT2D eigenvalue weighted by atomic mass is 10.00. The van der Waals surface area contributed by atoms with Gasteiger partial charge in [0, 0.05) is 5.56 Å². The Balaban J connectivity index is 2.23. The summed E-state index contributed by atoms with van der Waals surface area (Å²) >= 11 is 9.54. The van der Waals surface area contributed by atoms with Crippen LogP contribution in [0.4, 0.5) is 4.39 Å². The molecule has 3 heteroatoms. The van der Waals surface area contributed by atoms with Crippen molar-refractivity contribution in [3.8, 4) is 0 Å². The molecule has 1 atom stereocenters.